The predicted molar refractivity (Wildman–Crippen MR) is 122 cm³/mol. The third kappa shape index (κ3) is 4.81. The van der Waals surface area contributed by atoms with Crippen LogP contribution in [0.15, 0.2) is 16.9 Å². The number of nitrogens with one attached hydrogen (secondary N) is 1. The highest BCUT2D eigenvalue weighted by molar-refractivity contribution is 5.39. The minimum absolute atomic E-state index is 0.0525. The van der Waals surface area contributed by atoms with Gasteiger partial charge in [-0.25, -0.2) is 4.68 Å². The largest absolute Gasteiger partial charge is 0.367 e. The van der Waals surface area contributed by atoms with Gasteiger partial charge in [-0.1, -0.05) is 6.42 Å². The number of hydrogen-bond acceptors (Lipinski definition) is 6. The smallest absolute Gasteiger partial charge is 0.267 e. The molecule has 3 aliphatic rings. The molecular weight excluding hydrogens is 388 g/mol. The Hall–Kier alpha value is -2.28. The number of anilines is 1. The molecule has 1 unspecified atom stereocenters. The first-order valence-electron chi connectivity index (χ1n) is 12.2. The van der Waals surface area contributed by atoms with Crippen molar-refractivity contribution in [3.05, 3.63) is 45.0 Å². The molecule has 5 rings (SSSR count). The molecule has 0 spiro atoms. The standard InChI is InChI=1S/C24H34N6O/c31-24-16-19-8-2-4-11-22(19)28-30(24)14-13-29-12-6-5-9-20(29)17-25-23-15-18-7-1-3-10-21(18)26-27-23/h15-16,20H,1-14,17H2,(H,25,27). The van der Waals surface area contributed by atoms with Crippen LogP contribution in [0.5, 0.6) is 0 Å². The SMILES string of the molecule is O=c1cc2c(nn1CCN1CCCCC1CNc1cc3c(nn1)CCCC3)CCCC2. The predicted octanol–water partition coefficient (Wildman–Crippen LogP) is 2.76. The molecule has 1 atom stereocenters. The van der Waals surface area contributed by atoms with Crippen LogP contribution in [0.4, 0.5) is 5.82 Å². The van der Waals surface area contributed by atoms with Crippen LogP contribution in [-0.4, -0.2) is 50.6 Å². The van der Waals surface area contributed by atoms with E-state index in [4.69, 9.17) is 5.10 Å². The summed E-state index contributed by atoms with van der Waals surface area (Å²) in [6, 6.07) is 4.48. The highest BCUT2D eigenvalue weighted by Crippen LogP contribution is 2.22. The van der Waals surface area contributed by atoms with Crippen LogP contribution in [0.25, 0.3) is 0 Å². The highest BCUT2D eigenvalue weighted by Gasteiger charge is 2.23. The maximum atomic E-state index is 12.5. The number of fused-ring (bicyclic) bond motifs is 2. The lowest BCUT2D eigenvalue weighted by molar-refractivity contribution is 0.147. The van der Waals surface area contributed by atoms with Crippen molar-refractivity contribution in [2.45, 2.75) is 83.2 Å². The molecule has 2 aliphatic carbocycles. The average molecular weight is 423 g/mol. The summed E-state index contributed by atoms with van der Waals surface area (Å²) < 4.78 is 1.69. The Balaban J connectivity index is 1.20. The number of piperidine rings is 1. The van der Waals surface area contributed by atoms with Crippen molar-refractivity contribution in [3.8, 4) is 0 Å². The fraction of sp³-hybridized carbons (Fsp3) is 0.667. The molecule has 2 aromatic rings. The summed E-state index contributed by atoms with van der Waals surface area (Å²) >= 11 is 0. The monoisotopic (exact) mass is 422 g/mol. The lowest BCUT2D eigenvalue weighted by atomic mass is 9.97. The van der Waals surface area contributed by atoms with Crippen LogP contribution < -0.4 is 10.9 Å². The normalized spacial score (nSPS) is 21.4. The van der Waals surface area contributed by atoms with Crippen molar-refractivity contribution < 1.29 is 0 Å². The lowest BCUT2D eigenvalue weighted by Gasteiger charge is -2.36. The summed E-state index contributed by atoms with van der Waals surface area (Å²) in [5.74, 6) is 0.902. The Bertz CT molecular complexity index is 971. The van der Waals surface area contributed by atoms with Gasteiger partial charge in [-0.05, 0) is 87.9 Å². The minimum atomic E-state index is 0.0525. The molecule has 0 radical (unpaired) electrons. The van der Waals surface area contributed by atoms with Gasteiger partial charge < -0.3 is 5.32 Å². The summed E-state index contributed by atoms with van der Waals surface area (Å²) in [6.07, 6.45) is 12.7. The van der Waals surface area contributed by atoms with E-state index in [0.717, 1.165) is 56.8 Å². The fourth-order valence-electron chi connectivity index (χ4n) is 5.37. The summed E-state index contributed by atoms with van der Waals surface area (Å²) in [7, 11) is 0. The quantitative estimate of drug-likeness (QED) is 0.772. The molecular formula is C24H34N6O. The van der Waals surface area contributed by atoms with Crippen molar-refractivity contribution >= 4 is 5.82 Å². The van der Waals surface area contributed by atoms with Gasteiger partial charge in [0.25, 0.3) is 5.56 Å². The number of aryl methyl sites for hydroxylation is 4. The van der Waals surface area contributed by atoms with Gasteiger partial charge in [0, 0.05) is 25.2 Å². The van der Waals surface area contributed by atoms with Gasteiger partial charge in [0.1, 0.15) is 5.82 Å². The van der Waals surface area contributed by atoms with Crippen molar-refractivity contribution in [3.63, 3.8) is 0 Å². The van der Waals surface area contributed by atoms with E-state index in [0.29, 0.717) is 12.6 Å². The van der Waals surface area contributed by atoms with E-state index < -0.39 is 0 Å². The van der Waals surface area contributed by atoms with E-state index >= 15 is 0 Å². The average Bonchev–Trinajstić information content (AvgIpc) is 2.82. The third-order valence-electron chi connectivity index (χ3n) is 7.21. The van der Waals surface area contributed by atoms with Crippen molar-refractivity contribution in [2.75, 3.05) is 25.0 Å². The zero-order chi connectivity index (χ0) is 21.0. The number of hydrogen-bond donors (Lipinski definition) is 1. The van der Waals surface area contributed by atoms with Crippen molar-refractivity contribution in [1.29, 1.82) is 0 Å². The van der Waals surface area contributed by atoms with Crippen molar-refractivity contribution in [2.24, 2.45) is 0 Å². The molecule has 1 fully saturated rings. The van der Waals surface area contributed by atoms with E-state index in [9.17, 15) is 4.79 Å². The van der Waals surface area contributed by atoms with Gasteiger partial charge in [-0.2, -0.15) is 10.2 Å². The number of nitrogens with zero attached hydrogens (tertiary/aromatic N) is 5. The van der Waals surface area contributed by atoms with Gasteiger partial charge in [0.15, 0.2) is 0 Å². The van der Waals surface area contributed by atoms with Crippen LogP contribution in [0.3, 0.4) is 0 Å². The molecule has 2 aromatic heterocycles. The first kappa shape index (κ1) is 20.6. The second-order valence-electron chi connectivity index (χ2n) is 9.36. The van der Waals surface area contributed by atoms with Crippen LogP contribution in [0.2, 0.25) is 0 Å². The topological polar surface area (TPSA) is 75.9 Å². The maximum absolute atomic E-state index is 12.5. The number of likely N-dealkylation sites (tertiary alicyclic amines) is 1. The second kappa shape index (κ2) is 9.47. The van der Waals surface area contributed by atoms with Gasteiger partial charge in [-0.15, -0.1) is 5.10 Å². The first-order chi connectivity index (χ1) is 15.3. The molecule has 0 saturated carbocycles. The Morgan fingerprint density at radius 1 is 0.871 bits per heavy atom. The molecule has 1 saturated heterocycles. The lowest BCUT2D eigenvalue weighted by Crippen LogP contribution is -2.46. The fourth-order valence-corrected chi connectivity index (χ4v) is 5.37. The Labute approximate surface area is 184 Å². The third-order valence-corrected chi connectivity index (χ3v) is 7.21. The minimum Gasteiger partial charge on any atom is -0.367 e. The summed E-state index contributed by atoms with van der Waals surface area (Å²) in [6.45, 7) is 3.50. The molecule has 3 heterocycles. The van der Waals surface area contributed by atoms with Crippen LogP contribution in [0.1, 0.15) is 67.5 Å². The van der Waals surface area contributed by atoms with Crippen LogP contribution >= 0.6 is 0 Å². The second-order valence-corrected chi connectivity index (χ2v) is 9.36. The van der Waals surface area contributed by atoms with Gasteiger partial charge in [-0.3, -0.25) is 9.69 Å². The van der Waals surface area contributed by atoms with E-state index in [1.807, 2.05) is 6.07 Å². The summed E-state index contributed by atoms with van der Waals surface area (Å²) in [5.41, 5.74) is 4.89. The van der Waals surface area contributed by atoms with E-state index in [2.05, 4.69) is 26.5 Å². The summed E-state index contributed by atoms with van der Waals surface area (Å²) in [4.78, 5) is 15.1. The zero-order valence-corrected chi connectivity index (χ0v) is 18.5. The van der Waals surface area contributed by atoms with E-state index in [1.54, 1.807) is 4.68 Å². The molecule has 0 amide bonds. The van der Waals surface area contributed by atoms with Gasteiger partial charge in [0.05, 0.1) is 17.9 Å². The zero-order valence-electron chi connectivity index (χ0n) is 18.5. The molecule has 1 N–H and O–H groups in total. The maximum Gasteiger partial charge on any atom is 0.267 e. The first-order valence-corrected chi connectivity index (χ1v) is 12.2. The summed E-state index contributed by atoms with van der Waals surface area (Å²) in [5, 5.41) is 17.1. The van der Waals surface area contributed by atoms with Gasteiger partial charge in [0.2, 0.25) is 0 Å². The Morgan fingerprint density at radius 3 is 2.52 bits per heavy atom. The Morgan fingerprint density at radius 2 is 1.65 bits per heavy atom. The highest BCUT2D eigenvalue weighted by atomic mass is 16.1. The van der Waals surface area contributed by atoms with Crippen LogP contribution in [-0.2, 0) is 32.2 Å². The molecule has 166 valence electrons. The van der Waals surface area contributed by atoms with E-state index in [-0.39, 0.29) is 5.56 Å². The number of aromatic nitrogens is 4. The van der Waals surface area contributed by atoms with Crippen molar-refractivity contribution in [1.82, 2.24) is 24.9 Å². The molecule has 7 nitrogen and oxygen atoms in total. The molecule has 31 heavy (non-hydrogen) atoms. The number of rotatable bonds is 6. The molecule has 1 aliphatic heterocycles. The van der Waals surface area contributed by atoms with E-state index in [1.165, 1.54) is 61.8 Å². The Kier molecular flexibility index (Phi) is 6.30. The molecule has 7 heteroatoms. The van der Waals surface area contributed by atoms with Crippen LogP contribution in [0, 0.1) is 0 Å². The molecule has 0 aromatic carbocycles. The van der Waals surface area contributed by atoms with Gasteiger partial charge >= 0.3 is 0 Å². The molecule has 0 bridgehead atoms.